The summed E-state index contributed by atoms with van der Waals surface area (Å²) >= 11 is 0. The highest BCUT2D eigenvalue weighted by molar-refractivity contribution is 5.94. The molecule has 1 aliphatic heterocycles. The molecule has 1 N–H and O–H groups in total. The van der Waals surface area contributed by atoms with Gasteiger partial charge in [0.1, 0.15) is 5.82 Å². The molecule has 0 aliphatic carbocycles. The summed E-state index contributed by atoms with van der Waals surface area (Å²) in [5.41, 5.74) is 4.37. The molecule has 3 aromatic rings. The molecule has 3 aromatic carbocycles. The van der Waals surface area contributed by atoms with Crippen LogP contribution < -0.4 is 5.32 Å². The van der Waals surface area contributed by atoms with E-state index in [9.17, 15) is 14.0 Å². The van der Waals surface area contributed by atoms with Crippen molar-refractivity contribution >= 4 is 17.5 Å². The van der Waals surface area contributed by atoms with Crippen LogP contribution in [0.5, 0.6) is 0 Å². The largest absolute Gasteiger partial charge is 0.334 e. The van der Waals surface area contributed by atoms with E-state index in [1.807, 2.05) is 53.4 Å². The average molecular weight is 388 g/mol. The molecule has 1 heterocycles. The van der Waals surface area contributed by atoms with Gasteiger partial charge in [0.2, 0.25) is 5.91 Å². The van der Waals surface area contributed by atoms with Crippen LogP contribution in [0.4, 0.5) is 10.1 Å². The lowest BCUT2D eigenvalue weighted by Crippen LogP contribution is -2.36. The molecule has 0 fully saturated rings. The van der Waals surface area contributed by atoms with Gasteiger partial charge >= 0.3 is 0 Å². The molecule has 0 bridgehead atoms. The Morgan fingerprint density at radius 3 is 2.45 bits per heavy atom. The first-order chi connectivity index (χ1) is 14.1. The normalized spacial score (nSPS) is 12.9. The first-order valence-electron chi connectivity index (χ1n) is 9.59. The number of halogens is 1. The van der Waals surface area contributed by atoms with Gasteiger partial charge in [0.05, 0.1) is 6.42 Å². The Bertz CT molecular complexity index is 1030. The maximum Gasteiger partial charge on any atom is 0.254 e. The zero-order chi connectivity index (χ0) is 20.2. The Morgan fingerprint density at radius 2 is 1.69 bits per heavy atom. The van der Waals surface area contributed by atoms with Gasteiger partial charge in [0.25, 0.3) is 5.91 Å². The number of benzene rings is 3. The maximum absolute atomic E-state index is 13.0. The van der Waals surface area contributed by atoms with Crippen LogP contribution in [-0.2, 0) is 24.2 Å². The van der Waals surface area contributed by atoms with E-state index in [1.165, 1.54) is 17.7 Å². The number of fused-ring (bicyclic) bond motifs is 1. The molecule has 146 valence electrons. The number of hydrogen-bond acceptors (Lipinski definition) is 2. The molecule has 1 aliphatic rings. The molecule has 0 unspecified atom stereocenters. The van der Waals surface area contributed by atoms with Crippen molar-refractivity contribution in [1.82, 2.24) is 4.90 Å². The topological polar surface area (TPSA) is 49.4 Å². The Kier molecular flexibility index (Phi) is 5.38. The van der Waals surface area contributed by atoms with Crippen LogP contribution in [0, 0.1) is 5.82 Å². The number of carbonyl (C=O) groups is 2. The predicted molar refractivity (Wildman–Crippen MR) is 110 cm³/mol. The van der Waals surface area contributed by atoms with E-state index in [4.69, 9.17) is 0 Å². The summed E-state index contributed by atoms with van der Waals surface area (Å²) in [4.78, 5) is 26.9. The molecule has 2 amide bonds. The standard InChI is InChI=1S/C24H21FN2O2/c25-21-9-6-17(7-10-21)14-23(28)26-22-11-8-18-12-13-27(16-20(18)15-22)24(29)19-4-2-1-3-5-19/h1-11,15H,12-14,16H2,(H,26,28). The van der Waals surface area contributed by atoms with E-state index in [1.54, 1.807) is 12.1 Å². The Labute approximate surface area is 169 Å². The summed E-state index contributed by atoms with van der Waals surface area (Å²) in [5, 5.41) is 2.89. The van der Waals surface area contributed by atoms with E-state index < -0.39 is 0 Å². The minimum atomic E-state index is -0.321. The molecular weight excluding hydrogens is 367 g/mol. The lowest BCUT2D eigenvalue weighted by molar-refractivity contribution is -0.115. The van der Waals surface area contributed by atoms with Crippen molar-refractivity contribution in [2.45, 2.75) is 19.4 Å². The minimum Gasteiger partial charge on any atom is -0.334 e. The van der Waals surface area contributed by atoms with Crippen molar-refractivity contribution in [3.8, 4) is 0 Å². The van der Waals surface area contributed by atoms with Gasteiger partial charge in [0, 0.05) is 24.3 Å². The van der Waals surface area contributed by atoms with Gasteiger partial charge in [-0.1, -0.05) is 36.4 Å². The fourth-order valence-corrected chi connectivity index (χ4v) is 3.56. The van der Waals surface area contributed by atoms with Crippen molar-refractivity contribution in [2.24, 2.45) is 0 Å². The van der Waals surface area contributed by atoms with Gasteiger partial charge in [0.15, 0.2) is 0 Å². The Morgan fingerprint density at radius 1 is 0.931 bits per heavy atom. The number of amides is 2. The smallest absolute Gasteiger partial charge is 0.254 e. The van der Waals surface area contributed by atoms with Gasteiger partial charge in [-0.2, -0.15) is 0 Å². The zero-order valence-corrected chi connectivity index (χ0v) is 15.9. The molecule has 4 rings (SSSR count). The summed E-state index contributed by atoms with van der Waals surface area (Å²) in [5.74, 6) is -0.468. The lowest BCUT2D eigenvalue weighted by Gasteiger charge is -2.29. The number of rotatable bonds is 4. The van der Waals surface area contributed by atoms with Gasteiger partial charge in [-0.25, -0.2) is 4.39 Å². The number of nitrogens with zero attached hydrogens (tertiary/aromatic N) is 1. The van der Waals surface area contributed by atoms with Crippen molar-refractivity contribution in [3.63, 3.8) is 0 Å². The Hall–Kier alpha value is -3.47. The third kappa shape index (κ3) is 4.51. The fraction of sp³-hybridized carbons (Fsp3) is 0.167. The summed E-state index contributed by atoms with van der Waals surface area (Å²) < 4.78 is 13.0. The molecule has 4 nitrogen and oxygen atoms in total. The summed E-state index contributed by atoms with van der Waals surface area (Å²) in [6.07, 6.45) is 0.966. The van der Waals surface area contributed by atoms with E-state index in [0.717, 1.165) is 17.5 Å². The van der Waals surface area contributed by atoms with Crippen LogP contribution in [0.1, 0.15) is 27.0 Å². The van der Waals surface area contributed by atoms with Crippen molar-refractivity contribution in [3.05, 3.63) is 101 Å². The second kappa shape index (κ2) is 8.27. The monoisotopic (exact) mass is 388 g/mol. The molecule has 0 saturated heterocycles. The van der Waals surface area contributed by atoms with Crippen LogP contribution in [-0.4, -0.2) is 23.3 Å². The zero-order valence-electron chi connectivity index (χ0n) is 15.9. The van der Waals surface area contributed by atoms with Crippen molar-refractivity contribution < 1.29 is 14.0 Å². The van der Waals surface area contributed by atoms with E-state index >= 15 is 0 Å². The van der Waals surface area contributed by atoms with Crippen LogP contribution in [0.3, 0.4) is 0 Å². The van der Waals surface area contributed by atoms with E-state index in [2.05, 4.69) is 5.32 Å². The molecule has 0 saturated carbocycles. The molecular formula is C24H21FN2O2. The van der Waals surface area contributed by atoms with E-state index in [0.29, 0.717) is 24.3 Å². The number of hydrogen-bond donors (Lipinski definition) is 1. The number of nitrogens with one attached hydrogen (secondary N) is 1. The third-order valence-electron chi connectivity index (χ3n) is 5.09. The van der Waals surface area contributed by atoms with Crippen molar-refractivity contribution in [2.75, 3.05) is 11.9 Å². The third-order valence-corrected chi connectivity index (χ3v) is 5.09. The average Bonchev–Trinajstić information content (AvgIpc) is 2.75. The predicted octanol–water partition coefficient (Wildman–Crippen LogP) is 4.21. The van der Waals surface area contributed by atoms with Crippen LogP contribution in [0.2, 0.25) is 0 Å². The summed E-state index contributed by atoms with van der Waals surface area (Å²) in [6.45, 7) is 1.20. The lowest BCUT2D eigenvalue weighted by atomic mass is 9.98. The van der Waals surface area contributed by atoms with Crippen LogP contribution in [0.25, 0.3) is 0 Å². The number of anilines is 1. The van der Waals surface area contributed by atoms with Crippen LogP contribution >= 0.6 is 0 Å². The van der Waals surface area contributed by atoms with Crippen LogP contribution in [0.15, 0.2) is 72.8 Å². The Balaban J connectivity index is 1.43. The second-order valence-corrected chi connectivity index (χ2v) is 7.18. The fourth-order valence-electron chi connectivity index (χ4n) is 3.56. The highest BCUT2D eigenvalue weighted by Gasteiger charge is 2.22. The number of carbonyl (C=O) groups excluding carboxylic acids is 2. The quantitative estimate of drug-likeness (QED) is 0.728. The van der Waals surface area contributed by atoms with Crippen molar-refractivity contribution in [1.29, 1.82) is 0 Å². The van der Waals surface area contributed by atoms with Gasteiger partial charge in [-0.15, -0.1) is 0 Å². The highest BCUT2D eigenvalue weighted by Crippen LogP contribution is 2.24. The molecule has 0 spiro atoms. The maximum atomic E-state index is 13.0. The summed E-state index contributed by atoms with van der Waals surface area (Å²) in [6, 6.07) is 21.0. The molecule has 0 radical (unpaired) electrons. The first kappa shape index (κ1) is 18.9. The second-order valence-electron chi connectivity index (χ2n) is 7.18. The first-order valence-corrected chi connectivity index (χ1v) is 9.59. The molecule has 29 heavy (non-hydrogen) atoms. The van der Waals surface area contributed by atoms with Gasteiger partial charge in [-0.3, -0.25) is 9.59 Å². The van der Waals surface area contributed by atoms with E-state index in [-0.39, 0.29) is 24.1 Å². The highest BCUT2D eigenvalue weighted by atomic mass is 19.1. The SMILES string of the molecule is O=C(Cc1ccc(F)cc1)Nc1ccc2c(c1)CN(C(=O)c1ccccc1)CC2. The molecule has 0 atom stereocenters. The minimum absolute atomic E-state index is 0.0157. The van der Waals surface area contributed by atoms with Gasteiger partial charge < -0.3 is 10.2 Å². The molecule has 0 aromatic heterocycles. The summed E-state index contributed by atoms with van der Waals surface area (Å²) in [7, 11) is 0. The van der Waals surface area contributed by atoms with Gasteiger partial charge in [-0.05, 0) is 59.5 Å². The molecule has 5 heteroatoms.